The minimum absolute atomic E-state index is 0.283. The average molecular weight is 278 g/mol. The van der Waals surface area contributed by atoms with Crippen molar-refractivity contribution in [1.82, 2.24) is 10.3 Å². The third-order valence-electron chi connectivity index (χ3n) is 3.30. The second-order valence-corrected chi connectivity index (χ2v) is 5.80. The van der Waals surface area contributed by atoms with Crippen molar-refractivity contribution in [3.63, 3.8) is 0 Å². The van der Waals surface area contributed by atoms with E-state index in [-0.39, 0.29) is 6.10 Å². The molecule has 112 valence electrons. The van der Waals surface area contributed by atoms with Crippen LogP contribution in [0, 0.1) is 5.92 Å². The molecule has 0 aliphatic carbocycles. The summed E-state index contributed by atoms with van der Waals surface area (Å²) in [6.07, 6.45) is 2.56. The molecule has 20 heavy (non-hydrogen) atoms. The standard InChI is InChI=1S/C16H26N2O2/c1-13(2)9-17-10-14-5-3-6-15(18-14)11-19-12-16-7-4-8-20-16/h3,5-6,13,16-17H,4,7-12H2,1-2H3. The number of hydrogen-bond acceptors (Lipinski definition) is 4. The van der Waals surface area contributed by atoms with Crippen LogP contribution in [-0.4, -0.2) is 30.8 Å². The van der Waals surface area contributed by atoms with Gasteiger partial charge in [0.25, 0.3) is 0 Å². The Kier molecular flexibility index (Phi) is 6.43. The Hall–Kier alpha value is -0.970. The van der Waals surface area contributed by atoms with Crippen molar-refractivity contribution in [1.29, 1.82) is 0 Å². The van der Waals surface area contributed by atoms with E-state index in [1.54, 1.807) is 0 Å². The van der Waals surface area contributed by atoms with Crippen molar-refractivity contribution in [2.45, 2.75) is 45.9 Å². The van der Waals surface area contributed by atoms with Gasteiger partial charge in [0.05, 0.1) is 30.7 Å². The Balaban J connectivity index is 1.71. The molecule has 0 spiro atoms. The van der Waals surface area contributed by atoms with E-state index in [0.29, 0.717) is 19.1 Å². The first-order chi connectivity index (χ1) is 9.74. The summed E-state index contributed by atoms with van der Waals surface area (Å²) in [5, 5.41) is 3.41. The zero-order chi connectivity index (χ0) is 14.2. The molecule has 0 amide bonds. The number of nitrogens with zero attached hydrogens (tertiary/aromatic N) is 1. The maximum atomic E-state index is 5.69. The van der Waals surface area contributed by atoms with Crippen LogP contribution in [0.25, 0.3) is 0 Å². The lowest BCUT2D eigenvalue weighted by molar-refractivity contribution is 0.00961. The van der Waals surface area contributed by atoms with E-state index in [0.717, 1.165) is 43.9 Å². The quantitative estimate of drug-likeness (QED) is 0.793. The highest BCUT2D eigenvalue weighted by atomic mass is 16.5. The lowest BCUT2D eigenvalue weighted by atomic mass is 10.2. The molecule has 0 saturated carbocycles. The minimum atomic E-state index is 0.283. The molecule has 1 aromatic rings. The number of nitrogens with one attached hydrogen (secondary N) is 1. The first kappa shape index (κ1) is 15.4. The van der Waals surface area contributed by atoms with Crippen molar-refractivity contribution < 1.29 is 9.47 Å². The average Bonchev–Trinajstić information content (AvgIpc) is 2.92. The highest BCUT2D eigenvalue weighted by Crippen LogP contribution is 2.12. The molecule has 4 nitrogen and oxygen atoms in total. The van der Waals surface area contributed by atoms with Gasteiger partial charge < -0.3 is 14.8 Å². The van der Waals surface area contributed by atoms with Crippen LogP contribution in [0.4, 0.5) is 0 Å². The number of pyridine rings is 1. The number of hydrogen-bond donors (Lipinski definition) is 1. The summed E-state index contributed by atoms with van der Waals surface area (Å²) in [4.78, 5) is 4.61. The van der Waals surface area contributed by atoms with E-state index < -0.39 is 0 Å². The Morgan fingerprint density at radius 3 is 3.00 bits per heavy atom. The van der Waals surface area contributed by atoms with Gasteiger partial charge in [-0.1, -0.05) is 19.9 Å². The van der Waals surface area contributed by atoms with Gasteiger partial charge in [0, 0.05) is 13.2 Å². The number of ether oxygens (including phenoxy) is 2. The van der Waals surface area contributed by atoms with Crippen LogP contribution in [0.2, 0.25) is 0 Å². The first-order valence-electron chi connectivity index (χ1n) is 7.59. The Morgan fingerprint density at radius 1 is 1.40 bits per heavy atom. The van der Waals surface area contributed by atoms with Gasteiger partial charge in [0.2, 0.25) is 0 Å². The summed E-state index contributed by atoms with van der Waals surface area (Å²) in [5.41, 5.74) is 2.07. The molecule has 2 heterocycles. The smallest absolute Gasteiger partial charge is 0.0889 e. The van der Waals surface area contributed by atoms with Gasteiger partial charge >= 0.3 is 0 Å². The zero-order valence-electron chi connectivity index (χ0n) is 12.6. The number of rotatable bonds is 8. The Bertz CT molecular complexity index is 390. The van der Waals surface area contributed by atoms with Gasteiger partial charge in [0.1, 0.15) is 0 Å². The van der Waals surface area contributed by atoms with E-state index in [9.17, 15) is 0 Å². The van der Waals surface area contributed by atoms with E-state index in [2.05, 4.69) is 30.2 Å². The van der Waals surface area contributed by atoms with Crippen molar-refractivity contribution in [2.75, 3.05) is 19.8 Å². The van der Waals surface area contributed by atoms with E-state index in [4.69, 9.17) is 9.47 Å². The fourth-order valence-electron chi connectivity index (χ4n) is 2.27. The number of aromatic nitrogens is 1. The molecule has 0 radical (unpaired) electrons. The summed E-state index contributed by atoms with van der Waals surface area (Å²) in [6, 6.07) is 6.11. The summed E-state index contributed by atoms with van der Waals surface area (Å²) in [6.45, 7) is 8.36. The molecule has 1 aliphatic rings. The maximum Gasteiger partial charge on any atom is 0.0889 e. The molecule has 1 N–H and O–H groups in total. The van der Waals surface area contributed by atoms with Crippen molar-refractivity contribution in [2.24, 2.45) is 5.92 Å². The largest absolute Gasteiger partial charge is 0.376 e. The third-order valence-corrected chi connectivity index (χ3v) is 3.30. The SMILES string of the molecule is CC(C)CNCc1cccc(COCC2CCCO2)n1. The third kappa shape index (κ3) is 5.57. The Labute approximate surface area is 121 Å². The monoisotopic (exact) mass is 278 g/mol. The van der Waals surface area contributed by atoms with Crippen molar-refractivity contribution in [3.8, 4) is 0 Å². The predicted octanol–water partition coefficient (Wildman–Crippen LogP) is 2.52. The molecule has 4 heteroatoms. The second kappa shape index (κ2) is 8.35. The maximum absolute atomic E-state index is 5.69. The van der Waals surface area contributed by atoms with Gasteiger partial charge in [-0.15, -0.1) is 0 Å². The van der Waals surface area contributed by atoms with Crippen LogP contribution >= 0.6 is 0 Å². The second-order valence-electron chi connectivity index (χ2n) is 5.80. The van der Waals surface area contributed by atoms with Gasteiger partial charge in [-0.3, -0.25) is 4.98 Å². The lowest BCUT2D eigenvalue weighted by Crippen LogP contribution is -2.20. The Morgan fingerprint density at radius 2 is 2.25 bits per heavy atom. The van der Waals surface area contributed by atoms with Crippen molar-refractivity contribution >= 4 is 0 Å². The molecular weight excluding hydrogens is 252 g/mol. The van der Waals surface area contributed by atoms with E-state index >= 15 is 0 Å². The molecule has 1 saturated heterocycles. The van der Waals surface area contributed by atoms with Crippen molar-refractivity contribution in [3.05, 3.63) is 29.6 Å². The van der Waals surface area contributed by atoms with Gasteiger partial charge in [-0.2, -0.15) is 0 Å². The molecule has 0 bridgehead atoms. The predicted molar refractivity (Wildman–Crippen MR) is 79.4 cm³/mol. The molecule has 1 aromatic heterocycles. The molecule has 1 atom stereocenters. The summed E-state index contributed by atoms with van der Waals surface area (Å²) < 4.78 is 11.2. The lowest BCUT2D eigenvalue weighted by Gasteiger charge is -2.11. The molecule has 1 unspecified atom stereocenters. The highest BCUT2D eigenvalue weighted by molar-refractivity contribution is 5.10. The fraction of sp³-hybridized carbons (Fsp3) is 0.688. The van der Waals surface area contributed by atoms with Gasteiger partial charge in [-0.05, 0) is 37.4 Å². The van der Waals surface area contributed by atoms with Crippen LogP contribution in [0.15, 0.2) is 18.2 Å². The van der Waals surface area contributed by atoms with Gasteiger partial charge in [-0.25, -0.2) is 0 Å². The molecule has 2 rings (SSSR count). The molecular formula is C16H26N2O2. The van der Waals surface area contributed by atoms with E-state index in [1.807, 2.05) is 12.1 Å². The van der Waals surface area contributed by atoms with Crippen LogP contribution in [0.1, 0.15) is 38.1 Å². The first-order valence-corrected chi connectivity index (χ1v) is 7.59. The highest BCUT2D eigenvalue weighted by Gasteiger charge is 2.15. The van der Waals surface area contributed by atoms with E-state index in [1.165, 1.54) is 0 Å². The zero-order valence-corrected chi connectivity index (χ0v) is 12.6. The van der Waals surface area contributed by atoms with Crippen LogP contribution < -0.4 is 5.32 Å². The molecule has 0 aromatic carbocycles. The van der Waals surface area contributed by atoms with Crippen LogP contribution in [0.5, 0.6) is 0 Å². The molecule has 1 fully saturated rings. The topological polar surface area (TPSA) is 43.4 Å². The summed E-state index contributed by atoms with van der Waals surface area (Å²) in [5.74, 6) is 0.660. The van der Waals surface area contributed by atoms with Crippen LogP contribution in [-0.2, 0) is 22.6 Å². The summed E-state index contributed by atoms with van der Waals surface area (Å²) >= 11 is 0. The van der Waals surface area contributed by atoms with Crippen LogP contribution in [0.3, 0.4) is 0 Å². The normalized spacial score (nSPS) is 18.9. The summed E-state index contributed by atoms with van der Waals surface area (Å²) in [7, 11) is 0. The minimum Gasteiger partial charge on any atom is -0.376 e. The molecule has 1 aliphatic heterocycles. The fourth-order valence-corrected chi connectivity index (χ4v) is 2.27. The van der Waals surface area contributed by atoms with Gasteiger partial charge in [0.15, 0.2) is 0 Å².